The van der Waals surface area contributed by atoms with Crippen LogP contribution in [-0.4, -0.2) is 24.0 Å². The number of pyridine rings is 1. The lowest BCUT2D eigenvalue weighted by atomic mass is 10.2. The molecule has 2 aromatic rings. The Morgan fingerprint density at radius 1 is 1.33 bits per heavy atom. The molecule has 0 bridgehead atoms. The molecule has 0 atom stereocenters. The maximum Gasteiger partial charge on any atom is 0.225 e. The standard InChI is InChI=1S/C14H17N3O/c1-2-15-9-7-14(18)17-12-5-6-13-11(10-12)4-3-8-16-13/h3-6,8,10,15H,2,7,9H2,1H3,(H,17,18). The zero-order valence-corrected chi connectivity index (χ0v) is 10.4. The molecule has 0 spiro atoms. The summed E-state index contributed by atoms with van der Waals surface area (Å²) in [7, 11) is 0. The van der Waals surface area contributed by atoms with Crippen molar-refractivity contribution in [3.63, 3.8) is 0 Å². The van der Waals surface area contributed by atoms with Crippen LogP contribution in [0.15, 0.2) is 36.5 Å². The summed E-state index contributed by atoms with van der Waals surface area (Å²) in [5.41, 5.74) is 1.75. The number of hydrogen-bond donors (Lipinski definition) is 2. The zero-order chi connectivity index (χ0) is 12.8. The maximum absolute atomic E-state index is 11.7. The van der Waals surface area contributed by atoms with E-state index in [4.69, 9.17) is 0 Å². The Labute approximate surface area is 106 Å². The second kappa shape index (κ2) is 6.12. The predicted octanol–water partition coefficient (Wildman–Crippen LogP) is 2.17. The predicted molar refractivity (Wildman–Crippen MR) is 73.5 cm³/mol. The molecule has 4 nitrogen and oxygen atoms in total. The molecule has 4 heteroatoms. The highest BCUT2D eigenvalue weighted by atomic mass is 16.1. The Hall–Kier alpha value is -1.94. The number of aromatic nitrogens is 1. The molecule has 1 aromatic heterocycles. The molecule has 0 saturated carbocycles. The van der Waals surface area contributed by atoms with Crippen LogP contribution < -0.4 is 10.6 Å². The molecule has 0 aliphatic heterocycles. The van der Waals surface area contributed by atoms with Crippen molar-refractivity contribution in [1.82, 2.24) is 10.3 Å². The van der Waals surface area contributed by atoms with Crippen LogP contribution in [0.5, 0.6) is 0 Å². The molecule has 18 heavy (non-hydrogen) atoms. The van der Waals surface area contributed by atoms with Crippen molar-refractivity contribution in [3.8, 4) is 0 Å². The summed E-state index contributed by atoms with van der Waals surface area (Å²) in [6.45, 7) is 3.61. The van der Waals surface area contributed by atoms with Gasteiger partial charge in [0.25, 0.3) is 0 Å². The van der Waals surface area contributed by atoms with E-state index in [2.05, 4.69) is 15.6 Å². The van der Waals surface area contributed by atoms with Crippen molar-refractivity contribution in [2.24, 2.45) is 0 Å². The number of anilines is 1. The molecule has 2 rings (SSSR count). The molecule has 0 radical (unpaired) electrons. The maximum atomic E-state index is 11.7. The molecule has 94 valence electrons. The third-order valence-corrected chi connectivity index (χ3v) is 2.67. The second-order valence-electron chi connectivity index (χ2n) is 4.06. The fourth-order valence-electron chi connectivity index (χ4n) is 1.76. The highest BCUT2D eigenvalue weighted by Crippen LogP contribution is 2.16. The summed E-state index contributed by atoms with van der Waals surface area (Å²) < 4.78 is 0. The van der Waals surface area contributed by atoms with Gasteiger partial charge in [0.05, 0.1) is 5.52 Å². The van der Waals surface area contributed by atoms with Gasteiger partial charge in [0.1, 0.15) is 0 Å². The van der Waals surface area contributed by atoms with Gasteiger partial charge in [0, 0.05) is 30.2 Å². The SMILES string of the molecule is CCNCCC(=O)Nc1ccc2ncccc2c1. The number of nitrogens with zero attached hydrogens (tertiary/aromatic N) is 1. The first kappa shape index (κ1) is 12.5. The Morgan fingerprint density at radius 3 is 3.06 bits per heavy atom. The number of amides is 1. The van der Waals surface area contributed by atoms with Crippen LogP contribution >= 0.6 is 0 Å². The molecular weight excluding hydrogens is 226 g/mol. The van der Waals surface area contributed by atoms with Crippen molar-refractivity contribution in [1.29, 1.82) is 0 Å². The normalized spacial score (nSPS) is 10.5. The zero-order valence-electron chi connectivity index (χ0n) is 10.4. The van der Waals surface area contributed by atoms with Gasteiger partial charge in [-0.2, -0.15) is 0 Å². The number of rotatable bonds is 5. The van der Waals surface area contributed by atoms with Crippen molar-refractivity contribution < 1.29 is 4.79 Å². The molecule has 0 aliphatic carbocycles. The molecule has 0 saturated heterocycles. The summed E-state index contributed by atoms with van der Waals surface area (Å²) in [5, 5.41) is 7.04. The van der Waals surface area contributed by atoms with Gasteiger partial charge in [-0.3, -0.25) is 9.78 Å². The van der Waals surface area contributed by atoms with E-state index in [0.717, 1.165) is 23.1 Å². The van der Waals surface area contributed by atoms with Gasteiger partial charge in [0.2, 0.25) is 5.91 Å². The molecule has 0 fully saturated rings. The van der Waals surface area contributed by atoms with Gasteiger partial charge in [-0.15, -0.1) is 0 Å². The Balaban J connectivity index is 2.01. The van der Waals surface area contributed by atoms with Gasteiger partial charge in [0.15, 0.2) is 0 Å². The Kier molecular flexibility index (Phi) is 4.25. The molecular formula is C14H17N3O. The first-order valence-electron chi connectivity index (χ1n) is 6.15. The lowest BCUT2D eigenvalue weighted by molar-refractivity contribution is -0.116. The van der Waals surface area contributed by atoms with Gasteiger partial charge in [-0.05, 0) is 30.8 Å². The average molecular weight is 243 g/mol. The van der Waals surface area contributed by atoms with Crippen LogP contribution in [0.2, 0.25) is 0 Å². The molecule has 1 heterocycles. The quantitative estimate of drug-likeness (QED) is 0.791. The highest BCUT2D eigenvalue weighted by molar-refractivity contribution is 5.93. The molecule has 0 unspecified atom stereocenters. The third kappa shape index (κ3) is 3.28. The summed E-state index contributed by atoms with van der Waals surface area (Å²) in [6.07, 6.45) is 2.25. The van der Waals surface area contributed by atoms with Gasteiger partial charge >= 0.3 is 0 Å². The third-order valence-electron chi connectivity index (χ3n) is 2.67. The van der Waals surface area contributed by atoms with Crippen LogP contribution in [0, 0.1) is 0 Å². The lowest BCUT2D eigenvalue weighted by Crippen LogP contribution is -2.21. The molecule has 1 aromatic carbocycles. The van der Waals surface area contributed by atoms with Crippen molar-refractivity contribution in [2.75, 3.05) is 18.4 Å². The second-order valence-corrected chi connectivity index (χ2v) is 4.06. The van der Waals surface area contributed by atoms with Crippen molar-refractivity contribution >= 4 is 22.5 Å². The Bertz CT molecular complexity index is 539. The number of fused-ring (bicyclic) bond motifs is 1. The fourth-order valence-corrected chi connectivity index (χ4v) is 1.76. The topological polar surface area (TPSA) is 54.0 Å². The van der Waals surface area contributed by atoms with E-state index in [1.54, 1.807) is 6.20 Å². The number of carbonyl (C=O) groups is 1. The van der Waals surface area contributed by atoms with Crippen LogP contribution in [0.4, 0.5) is 5.69 Å². The van der Waals surface area contributed by atoms with Gasteiger partial charge in [-0.1, -0.05) is 13.0 Å². The minimum atomic E-state index is 0.0270. The van der Waals surface area contributed by atoms with Crippen LogP contribution in [-0.2, 0) is 4.79 Å². The minimum Gasteiger partial charge on any atom is -0.326 e. The summed E-state index contributed by atoms with van der Waals surface area (Å²) in [6, 6.07) is 9.60. The van der Waals surface area contributed by atoms with E-state index in [0.29, 0.717) is 13.0 Å². The smallest absolute Gasteiger partial charge is 0.225 e. The average Bonchev–Trinajstić information content (AvgIpc) is 2.39. The molecule has 0 aliphatic rings. The first-order valence-corrected chi connectivity index (χ1v) is 6.15. The van der Waals surface area contributed by atoms with E-state index in [1.807, 2.05) is 37.3 Å². The number of nitrogens with one attached hydrogen (secondary N) is 2. The highest BCUT2D eigenvalue weighted by Gasteiger charge is 2.02. The van der Waals surface area contributed by atoms with E-state index >= 15 is 0 Å². The van der Waals surface area contributed by atoms with E-state index < -0.39 is 0 Å². The van der Waals surface area contributed by atoms with Crippen LogP contribution in [0.3, 0.4) is 0 Å². The van der Waals surface area contributed by atoms with Crippen molar-refractivity contribution in [2.45, 2.75) is 13.3 Å². The van der Waals surface area contributed by atoms with Crippen LogP contribution in [0.25, 0.3) is 10.9 Å². The largest absolute Gasteiger partial charge is 0.326 e. The molecule has 2 N–H and O–H groups in total. The fraction of sp³-hybridized carbons (Fsp3) is 0.286. The first-order chi connectivity index (χ1) is 8.79. The van der Waals surface area contributed by atoms with Gasteiger partial charge < -0.3 is 10.6 Å². The van der Waals surface area contributed by atoms with Crippen LogP contribution in [0.1, 0.15) is 13.3 Å². The lowest BCUT2D eigenvalue weighted by Gasteiger charge is -2.06. The Morgan fingerprint density at radius 2 is 2.22 bits per heavy atom. The van der Waals surface area contributed by atoms with Gasteiger partial charge in [-0.25, -0.2) is 0 Å². The van der Waals surface area contributed by atoms with E-state index in [1.165, 1.54) is 0 Å². The summed E-state index contributed by atoms with van der Waals surface area (Å²) in [5.74, 6) is 0.0270. The summed E-state index contributed by atoms with van der Waals surface area (Å²) >= 11 is 0. The van der Waals surface area contributed by atoms with E-state index in [-0.39, 0.29) is 5.91 Å². The number of carbonyl (C=O) groups excluding carboxylic acids is 1. The number of benzene rings is 1. The summed E-state index contributed by atoms with van der Waals surface area (Å²) in [4.78, 5) is 15.9. The number of hydrogen-bond acceptors (Lipinski definition) is 3. The van der Waals surface area contributed by atoms with E-state index in [9.17, 15) is 4.79 Å². The monoisotopic (exact) mass is 243 g/mol. The minimum absolute atomic E-state index is 0.0270. The molecule has 1 amide bonds. The van der Waals surface area contributed by atoms with Crippen molar-refractivity contribution in [3.05, 3.63) is 36.5 Å².